The van der Waals surface area contributed by atoms with Crippen LogP contribution >= 0.6 is 15.9 Å². The minimum absolute atomic E-state index is 0.00648. The van der Waals surface area contributed by atoms with Crippen LogP contribution in [0.4, 0.5) is 5.69 Å². The molecule has 0 saturated heterocycles. The SMILES string of the molecule is CC(C)Oc1cccc(NC(=O)/C(C#N)=C\c2ccc(OCc3ccccc3C#N)c(Br)c2)c1. The van der Waals surface area contributed by atoms with E-state index >= 15 is 0 Å². The zero-order chi connectivity index (χ0) is 24.5. The van der Waals surface area contributed by atoms with Crippen LogP contribution in [0, 0.1) is 22.7 Å². The fourth-order valence-corrected chi connectivity index (χ4v) is 3.58. The molecule has 1 amide bonds. The number of nitrogens with one attached hydrogen (secondary N) is 1. The minimum Gasteiger partial charge on any atom is -0.491 e. The molecule has 1 N–H and O–H groups in total. The maximum absolute atomic E-state index is 12.6. The number of ether oxygens (including phenoxy) is 2. The minimum atomic E-state index is -0.520. The van der Waals surface area contributed by atoms with Gasteiger partial charge in [0.2, 0.25) is 0 Å². The van der Waals surface area contributed by atoms with Gasteiger partial charge in [0.05, 0.1) is 22.2 Å². The van der Waals surface area contributed by atoms with Gasteiger partial charge in [-0.1, -0.05) is 30.3 Å². The highest BCUT2D eigenvalue weighted by molar-refractivity contribution is 9.10. The molecule has 0 aliphatic carbocycles. The number of carbonyl (C=O) groups is 1. The van der Waals surface area contributed by atoms with Crippen molar-refractivity contribution in [2.24, 2.45) is 0 Å². The van der Waals surface area contributed by atoms with Crippen LogP contribution in [0.5, 0.6) is 11.5 Å². The topological polar surface area (TPSA) is 95.1 Å². The summed E-state index contributed by atoms with van der Waals surface area (Å²) in [5.74, 6) is 0.691. The maximum atomic E-state index is 12.6. The van der Waals surface area contributed by atoms with E-state index in [0.717, 1.165) is 5.56 Å². The van der Waals surface area contributed by atoms with Crippen molar-refractivity contribution in [3.63, 3.8) is 0 Å². The van der Waals surface area contributed by atoms with Crippen molar-refractivity contribution in [1.29, 1.82) is 10.5 Å². The van der Waals surface area contributed by atoms with Crippen molar-refractivity contribution in [2.75, 3.05) is 5.32 Å². The second-order valence-corrected chi connectivity index (χ2v) is 8.42. The summed E-state index contributed by atoms with van der Waals surface area (Å²) in [6.07, 6.45) is 1.51. The number of hydrogen-bond donors (Lipinski definition) is 1. The number of amides is 1. The van der Waals surface area contributed by atoms with E-state index < -0.39 is 5.91 Å². The van der Waals surface area contributed by atoms with Gasteiger partial charge in [0, 0.05) is 17.3 Å². The van der Waals surface area contributed by atoms with Crippen molar-refractivity contribution >= 4 is 33.6 Å². The van der Waals surface area contributed by atoms with Gasteiger partial charge in [0.15, 0.2) is 0 Å². The summed E-state index contributed by atoms with van der Waals surface area (Å²) in [5.41, 5.74) is 2.49. The molecule has 0 heterocycles. The van der Waals surface area contributed by atoms with Crippen LogP contribution in [0.3, 0.4) is 0 Å². The monoisotopic (exact) mass is 515 g/mol. The Kier molecular flexibility index (Phi) is 8.45. The summed E-state index contributed by atoms with van der Waals surface area (Å²) >= 11 is 3.47. The van der Waals surface area contributed by atoms with Gasteiger partial charge in [0.25, 0.3) is 5.91 Å². The molecule has 0 unspecified atom stereocenters. The molecule has 3 aromatic carbocycles. The van der Waals surface area contributed by atoms with Crippen molar-refractivity contribution in [1.82, 2.24) is 0 Å². The lowest BCUT2D eigenvalue weighted by atomic mass is 10.1. The number of anilines is 1. The molecule has 6 nitrogen and oxygen atoms in total. The van der Waals surface area contributed by atoms with Crippen LogP contribution in [0.2, 0.25) is 0 Å². The highest BCUT2D eigenvalue weighted by Crippen LogP contribution is 2.28. The Labute approximate surface area is 207 Å². The van der Waals surface area contributed by atoms with Gasteiger partial charge in [-0.15, -0.1) is 0 Å². The molecular formula is C27H22BrN3O3. The van der Waals surface area contributed by atoms with Crippen molar-refractivity contribution in [3.05, 3.63) is 93.5 Å². The number of halogens is 1. The van der Waals surface area contributed by atoms with Crippen LogP contribution in [-0.4, -0.2) is 12.0 Å². The highest BCUT2D eigenvalue weighted by atomic mass is 79.9. The van der Waals surface area contributed by atoms with Gasteiger partial charge in [-0.3, -0.25) is 4.79 Å². The zero-order valence-corrected chi connectivity index (χ0v) is 20.3. The third kappa shape index (κ3) is 6.71. The number of nitriles is 2. The Balaban J connectivity index is 1.71. The number of hydrogen-bond acceptors (Lipinski definition) is 5. The van der Waals surface area contributed by atoms with Gasteiger partial charge in [-0.05, 0) is 71.7 Å². The molecule has 0 bridgehead atoms. The number of benzene rings is 3. The van der Waals surface area contributed by atoms with E-state index in [1.54, 1.807) is 54.6 Å². The molecule has 170 valence electrons. The van der Waals surface area contributed by atoms with Crippen molar-refractivity contribution in [2.45, 2.75) is 26.6 Å². The first kappa shape index (κ1) is 24.6. The molecule has 0 fully saturated rings. The average molecular weight is 516 g/mol. The summed E-state index contributed by atoms with van der Waals surface area (Å²) in [4.78, 5) is 12.6. The van der Waals surface area contributed by atoms with Gasteiger partial charge < -0.3 is 14.8 Å². The normalized spacial score (nSPS) is 10.8. The predicted octanol–water partition coefficient (Wildman–Crippen LogP) is 6.23. The summed E-state index contributed by atoms with van der Waals surface area (Å²) in [5, 5.41) is 21.5. The lowest BCUT2D eigenvalue weighted by Crippen LogP contribution is -2.13. The first-order valence-electron chi connectivity index (χ1n) is 10.5. The fourth-order valence-electron chi connectivity index (χ4n) is 3.07. The van der Waals surface area contributed by atoms with Gasteiger partial charge in [-0.25, -0.2) is 0 Å². The second-order valence-electron chi connectivity index (χ2n) is 7.57. The van der Waals surface area contributed by atoms with Gasteiger partial charge in [-0.2, -0.15) is 10.5 Å². The van der Waals surface area contributed by atoms with E-state index in [1.165, 1.54) is 6.08 Å². The van der Waals surface area contributed by atoms with E-state index in [4.69, 9.17) is 9.47 Å². The van der Waals surface area contributed by atoms with E-state index in [9.17, 15) is 15.3 Å². The Morgan fingerprint density at radius 3 is 2.59 bits per heavy atom. The van der Waals surface area contributed by atoms with Gasteiger partial charge >= 0.3 is 0 Å². The van der Waals surface area contributed by atoms with Crippen LogP contribution in [0.25, 0.3) is 6.08 Å². The summed E-state index contributed by atoms with van der Waals surface area (Å²) < 4.78 is 12.1. The van der Waals surface area contributed by atoms with Crippen molar-refractivity contribution in [3.8, 4) is 23.6 Å². The first-order chi connectivity index (χ1) is 16.4. The molecule has 0 saturated carbocycles. The van der Waals surface area contributed by atoms with E-state index in [2.05, 4.69) is 27.3 Å². The third-order valence-corrected chi connectivity index (χ3v) is 5.24. The molecule has 0 aliphatic heterocycles. The quantitative estimate of drug-likeness (QED) is 0.283. The first-order valence-corrected chi connectivity index (χ1v) is 11.3. The molecule has 0 spiro atoms. The molecule has 0 atom stereocenters. The molecule has 0 aliphatic rings. The Morgan fingerprint density at radius 2 is 1.88 bits per heavy atom. The largest absolute Gasteiger partial charge is 0.491 e. The standard InChI is InChI=1S/C27H22BrN3O3/c1-18(2)34-24-9-5-8-23(14-24)31-27(32)22(16-30)12-19-10-11-26(25(28)13-19)33-17-21-7-4-3-6-20(21)15-29/h3-14,18H,17H2,1-2H3,(H,31,32)/b22-12-. The predicted molar refractivity (Wildman–Crippen MR) is 134 cm³/mol. The number of nitrogens with zero attached hydrogens (tertiary/aromatic N) is 2. The molecule has 34 heavy (non-hydrogen) atoms. The molecule has 7 heteroatoms. The lowest BCUT2D eigenvalue weighted by molar-refractivity contribution is -0.112. The highest BCUT2D eigenvalue weighted by Gasteiger charge is 2.12. The summed E-state index contributed by atoms with van der Waals surface area (Å²) in [7, 11) is 0. The third-order valence-electron chi connectivity index (χ3n) is 4.62. The fraction of sp³-hybridized carbons (Fsp3) is 0.148. The molecule has 3 aromatic rings. The number of carbonyl (C=O) groups excluding carboxylic acids is 1. The zero-order valence-electron chi connectivity index (χ0n) is 18.7. The summed E-state index contributed by atoms with van der Waals surface area (Å²) in [6, 6.07) is 23.6. The molecule has 3 rings (SSSR count). The summed E-state index contributed by atoms with van der Waals surface area (Å²) in [6.45, 7) is 4.08. The molecular weight excluding hydrogens is 494 g/mol. The smallest absolute Gasteiger partial charge is 0.266 e. The maximum Gasteiger partial charge on any atom is 0.266 e. The lowest BCUT2D eigenvalue weighted by Gasteiger charge is -2.11. The van der Waals surface area contributed by atoms with Crippen LogP contribution in [0.1, 0.15) is 30.5 Å². The van der Waals surface area contributed by atoms with E-state index in [-0.39, 0.29) is 18.3 Å². The molecule has 0 radical (unpaired) electrons. The van der Waals surface area contributed by atoms with E-state index in [0.29, 0.717) is 32.8 Å². The van der Waals surface area contributed by atoms with Crippen LogP contribution in [-0.2, 0) is 11.4 Å². The average Bonchev–Trinajstić information content (AvgIpc) is 2.82. The number of rotatable bonds is 8. The Morgan fingerprint density at radius 1 is 1.09 bits per heavy atom. The second kappa shape index (κ2) is 11.7. The van der Waals surface area contributed by atoms with Crippen molar-refractivity contribution < 1.29 is 14.3 Å². The Bertz CT molecular complexity index is 1300. The Hall–Kier alpha value is -4.07. The van der Waals surface area contributed by atoms with Gasteiger partial charge in [0.1, 0.15) is 29.7 Å². The molecule has 0 aromatic heterocycles. The van der Waals surface area contributed by atoms with Crippen LogP contribution in [0.15, 0.2) is 76.8 Å². The van der Waals surface area contributed by atoms with E-state index in [1.807, 2.05) is 32.0 Å². The van der Waals surface area contributed by atoms with Crippen LogP contribution < -0.4 is 14.8 Å².